The number of hydrogen-bond acceptors (Lipinski definition) is 5. The molecule has 3 rings (SSSR count). The van der Waals surface area contributed by atoms with Gasteiger partial charge in [-0.1, -0.05) is 17.3 Å². The molecule has 0 spiro atoms. The van der Waals surface area contributed by atoms with Gasteiger partial charge in [0.2, 0.25) is 5.91 Å². The summed E-state index contributed by atoms with van der Waals surface area (Å²) < 4.78 is 6.18. The maximum absolute atomic E-state index is 12.4. The zero-order valence-electron chi connectivity index (χ0n) is 13.1. The number of nitrogens with one attached hydrogen (secondary N) is 1. The molecule has 7 nitrogen and oxygen atoms in total. The fourth-order valence-corrected chi connectivity index (χ4v) is 2.35. The smallest absolute Gasteiger partial charge is 0.267 e. The fraction of sp³-hybridized carbons (Fsp3) is 0.250. The van der Waals surface area contributed by atoms with Gasteiger partial charge in [0.05, 0.1) is 5.69 Å². The number of rotatable bonds is 3. The number of benzene rings is 1. The number of aromatic nitrogens is 3. The van der Waals surface area contributed by atoms with E-state index in [4.69, 9.17) is 4.52 Å². The van der Waals surface area contributed by atoms with E-state index in [-0.39, 0.29) is 23.7 Å². The lowest BCUT2D eigenvalue weighted by Crippen LogP contribution is -2.28. The maximum Gasteiger partial charge on any atom is 0.267 e. The molecule has 0 saturated carbocycles. The molecular weight excluding hydrogens is 296 g/mol. The molecule has 7 heteroatoms. The van der Waals surface area contributed by atoms with Gasteiger partial charge in [0.25, 0.3) is 11.3 Å². The van der Waals surface area contributed by atoms with Crippen LogP contribution in [0.25, 0.3) is 11.1 Å². The van der Waals surface area contributed by atoms with Crippen LogP contribution in [0, 0.1) is 20.8 Å². The van der Waals surface area contributed by atoms with Crippen molar-refractivity contribution in [2.45, 2.75) is 27.3 Å². The van der Waals surface area contributed by atoms with Gasteiger partial charge in [0.15, 0.2) is 0 Å². The second kappa shape index (κ2) is 5.68. The Morgan fingerprint density at radius 2 is 2.09 bits per heavy atom. The molecule has 0 radical (unpaired) electrons. The van der Waals surface area contributed by atoms with E-state index in [1.165, 1.54) is 10.9 Å². The first-order chi connectivity index (χ1) is 11.0. The summed E-state index contributed by atoms with van der Waals surface area (Å²) in [6, 6.07) is 5.68. The topological polar surface area (TPSA) is 90.0 Å². The van der Waals surface area contributed by atoms with E-state index in [2.05, 4.69) is 15.5 Å². The Balaban J connectivity index is 1.86. The number of fused-ring (bicyclic) bond motifs is 1. The highest BCUT2D eigenvalue weighted by molar-refractivity contribution is 5.91. The van der Waals surface area contributed by atoms with Gasteiger partial charge in [-0.15, -0.1) is 0 Å². The lowest BCUT2D eigenvalue weighted by atomic mass is 10.1. The summed E-state index contributed by atoms with van der Waals surface area (Å²) in [5, 5.41) is 6.83. The number of amides is 1. The summed E-state index contributed by atoms with van der Waals surface area (Å²) in [6.07, 6.45) is 1.29. The SMILES string of the molecule is Cc1cccc(NC(=O)Cn2cnc3onc(C)c3c2=O)c1C. The van der Waals surface area contributed by atoms with Crippen LogP contribution in [0.4, 0.5) is 5.69 Å². The highest BCUT2D eigenvalue weighted by Crippen LogP contribution is 2.18. The summed E-state index contributed by atoms with van der Waals surface area (Å²) in [7, 11) is 0. The number of hydrogen-bond donors (Lipinski definition) is 1. The molecule has 118 valence electrons. The van der Waals surface area contributed by atoms with Gasteiger partial charge in [0, 0.05) is 5.69 Å². The molecular formula is C16H16N4O3. The van der Waals surface area contributed by atoms with Crippen molar-refractivity contribution in [1.82, 2.24) is 14.7 Å². The molecule has 1 aromatic carbocycles. The van der Waals surface area contributed by atoms with E-state index in [0.717, 1.165) is 16.8 Å². The quantitative estimate of drug-likeness (QED) is 0.798. The van der Waals surface area contributed by atoms with Crippen LogP contribution in [0.5, 0.6) is 0 Å². The van der Waals surface area contributed by atoms with Crippen LogP contribution in [0.3, 0.4) is 0 Å². The highest BCUT2D eigenvalue weighted by Gasteiger charge is 2.14. The molecule has 0 bridgehead atoms. The molecule has 0 atom stereocenters. The number of aryl methyl sites for hydroxylation is 2. The van der Waals surface area contributed by atoms with E-state index in [1.54, 1.807) is 6.92 Å². The summed E-state index contributed by atoms with van der Waals surface area (Å²) in [4.78, 5) is 28.6. The first kappa shape index (κ1) is 15.0. The molecule has 23 heavy (non-hydrogen) atoms. The second-order valence-corrected chi connectivity index (χ2v) is 5.42. The summed E-state index contributed by atoms with van der Waals surface area (Å²) in [6.45, 7) is 5.45. The van der Waals surface area contributed by atoms with Gasteiger partial charge in [0.1, 0.15) is 18.3 Å². The third-order valence-corrected chi connectivity index (χ3v) is 3.83. The molecule has 0 aliphatic rings. The summed E-state index contributed by atoms with van der Waals surface area (Å²) in [5.41, 5.74) is 3.11. The van der Waals surface area contributed by atoms with E-state index in [1.807, 2.05) is 32.0 Å². The molecule has 3 aromatic rings. The van der Waals surface area contributed by atoms with Gasteiger partial charge in [-0.3, -0.25) is 14.2 Å². The maximum atomic E-state index is 12.4. The lowest BCUT2D eigenvalue weighted by molar-refractivity contribution is -0.116. The minimum atomic E-state index is -0.343. The third kappa shape index (κ3) is 2.73. The average Bonchev–Trinajstić information content (AvgIpc) is 2.89. The molecule has 0 fully saturated rings. The van der Waals surface area contributed by atoms with Crippen LogP contribution in [0.15, 0.2) is 33.8 Å². The number of anilines is 1. The predicted molar refractivity (Wildman–Crippen MR) is 85.3 cm³/mol. The molecule has 2 aromatic heterocycles. The van der Waals surface area contributed by atoms with Crippen LogP contribution < -0.4 is 10.9 Å². The number of nitrogens with zero attached hydrogens (tertiary/aromatic N) is 3. The van der Waals surface area contributed by atoms with E-state index < -0.39 is 0 Å². The van der Waals surface area contributed by atoms with Crippen molar-refractivity contribution in [1.29, 1.82) is 0 Å². The van der Waals surface area contributed by atoms with Crippen molar-refractivity contribution in [3.8, 4) is 0 Å². The lowest BCUT2D eigenvalue weighted by Gasteiger charge is -2.11. The largest absolute Gasteiger partial charge is 0.335 e. The van der Waals surface area contributed by atoms with Gasteiger partial charge in [-0.25, -0.2) is 4.98 Å². The van der Waals surface area contributed by atoms with Crippen LogP contribution in [-0.4, -0.2) is 20.6 Å². The zero-order valence-corrected chi connectivity index (χ0v) is 13.1. The summed E-state index contributed by atoms with van der Waals surface area (Å²) >= 11 is 0. The van der Waals surface area contributed by atoms with Gasteiger partial charge in [-0.05, 0) is 38.0 Å². The molecule has 1 N–H and O–H groups in total. The molecule has 0 saturated heterocycles. The van der Waals surface area contributed by atoms with Gasteiger partial charge in [-0.2, -0.15) is 0 Å². The van der Waals surface area contributed by atoms with Crippen LogP contribution in [0.2, 0.25) is 0 Å². The fourth-order valence-electron chi connectivity index (χ4n) is 2.35. The van der Waals surface area contributed by atoms with Crippen molar-refractivity contribution < 1.29 is 9.32 Å². The summed E-state index contributed by atoms with van der Waals surface area (Å²) in [5.74, 6) is -0.295. The number of carbonyl (C=O) groups is 1. The molecule has 0 unspecified atom stereocenters. The Labute approximate surface area is 131 Å². The van der Waals surface area contributed by atoms with Crippen LogP contribution >= 0.6 is 0 Å². The third-order valence-electron chi connectivity index (χ3n) is 3.83. The minimum absolute atomic E-state index is 0.125. The molecule has 2 heterocycles. The van der Waals surface area contributed by atoms with E-state index in [0.29, 0.717) is 11.1 Å². The average molecular weight is 312 g/mol. The van der Waals surface area contributed by atoms with Gasteiger partial charge < -0.3 is 9.84 Å². The second-order valence-electron chi connectivity index (χ2n) is 5.42. The Hall–Kier alpha value is -2.96. The highest BCUT2D eigenvalue weighted by atomic mass is 16.5. The van der Waals surface area contributed by atoms with Crippen molar-refractivity contribution in [3.63, 3.8) is 0 Å². The van der Waals surface area contributed by atoms with E-state index in [9.17, 15) is 9.59 Å². The molecule has 0 aliphatic heterocycles. The Kier molecular flexibility index (Phi) is 3.69. The van der Waals surface area contributed by atoms with Crippen molar-refractivity contribution in [3.05, 3.63) is 51.7 Å². The predicted octanol–water partition coefficient (Wildman–Crippen LogP) is 1.95. The Morgan fingerprint density at radius 3 is 2.87 bits per heavy atom. The van der Waals surface area contributed by atoms with E-state index >= 15 is 0 Å². The molecule has 1 amide bonds. The Morgan fingerprint density at radius 1 is 1.30 bits per heavy atom. The van der Waals surface area contributed by atoms with Gasteiger partial charge >= 0.3 is 0 Å². The van der Waals surface area contributed by atoms with Crippen LogP contribution in [-0.2, 0) is 11.3 Å². The number of carbonyl (C=O) groups excluding carboxylic acids is 1. The normalized spacial score (nSPS) is 10.9. The van der Waals surface area contributed by atoms with Crippen molar-refractivity contribution in [2.75, 3.05) is 5.32 Å². The van der Waals surface area contributed by atoms with Crippen LogP contribution in [0.1, 0.15) is 16.8 Å². The zero-order chi connectivity index (χ0) is 16.6. The molecule has 0 aliphatic carbocycles. The van der Waals surface area contributed by atoms with Crippen molar-refractivity contribution >= 4 is 22.7 Å². The monoisotopic (exact) mass is 312 g/mol. The first-order valence-electron chi connectivity index (χ1n) is 7.15. The minimum Gasteiger partial charge on any atom is -0.335 e. The Bertz CT molecular complexity index is 956. The van der Waals surface area contributed by atoms with Crippen molar-refractivity contribution in [2.24, 2.45) is 0 Å². The first-order valence-corrected chi connectivity index (χ1v) is 7.15. The standard InChI is InChI=1S/C16H16N4O3/c1-9-5-4-6-12(10(9)2)18-13(21)7-20-8-17-15-14(16(20)22)11(3)19-23-15/h4-6,8H,7H2,1-3H3,(H,18,21).